The van der Waals surface area contributed by atoms with Gasteiger partial charge in [-0.05, 0) is 48.9 Å². The predicted octanol–water partition coefficient (Wildman–Crippen LogP) is 3.98. The van der Waals surface area contributed by atoms with Gasteiger partial charge < -0.3 is 10.6 Å². The van der Waals surface area contributed by atoms with Crippen molar-refractivity contribution in [3.8, 4) is 0 Å². The Morgan fingerprint density at radius 1 is 1.04 bits per heavy atom. The quantitative estimate of drug-likeness (QED) is 0.876. The Morgan fingerprint density at radius 3 is 2.24 bits per heavy atom. The molecule has 0 spiro atoms. The van der Waals surface area contributed by atoms with Crippen molar-refractivity contribution < 1.29 is 4.79 Å². The van der Waals surface area contributed by atoms with E-state index in [0.29, 0.717) is 15.6 Å². The van der Waals surface area contributed by atoms with Crippen LogP contribution in [0.5, 0.6) is 0 Å². The first-order chi connectivity index (χ1) is 12.0. The highest BCUT2D eigenvalue weighted by Crippen LogP contribution is 2.30. The van der Waals surface area contributed by atoms with Gasteiger partial charge in [0.25, 0.3) is 0 Å². The van der Waals surface area contributed by atoms with Crippen LogP contribution in [0.15, 0.2) is 42.5 Å². The van der Waals surface area contributed by atoms with Gasteiger partial charge in [0.2, 0.25) is 5.91 Å². The molecule has 1 aliphatic heterocycles. The number of hydrogen-bond acceptors (Lipinski definition) is 3. The zero-order chi connectivity index (χ0) is 18.0. The van der Waals surface area contributed by atoms with Gasteiger partial charge in [-0.1, -0.05) is 29.3 Å². The molecule has 132 valence electrons. The van der Waals surface area contributed by atoms with Crippen LogP contribution in [0.25, 0.3) is 0 Å². The number of anilines is 1. The van der Waals surface area contributed by atoms with Gasteiger partial charge in [-0.25, -0.2) is 0 Å². The first kappa shape index (κ1) is 18.1. The number of primary amides is 1. The lowest BCUT2D eigenvalue weighted by atomic mass is 10.1. The van der Waals surface area contributed by atoms with E-state index in [9.17, 15) is 4.79 Å². The van der Waals surface area contributed by atoms with Gasteiger partial charge >= 0.3 is 0 Å². The van der Waals surface area contributed by atoms with Crippen LogP contribution in [0, 0.1) is 0 Å². The van der Waals surface area contributed by atoms with Crippen LogP contribution in [0.4, 0.5) is 5.69 Å². The molecule has 1 atom stereocenters. The van der Waals surface area contributed by atoms with E-state index in [-0.39, 0.29) is 6.04 Å². The van der Waals surface area contributed by atoms with Crippen molar-refractivity contribution in [2.45, 2.75) is 13.0 Å². The summed E-state index contributed by atoms with van der Waals surface area (Å²) in [5.41, 5.74) is 8.04. The van der Waals surface area contributed by atoms with E-state index in [1.54, 1.807) is 18.2 Å². The molecule has 25 heavy (non-hydrogen) atoms. The maximum Gasteiger partial charge on any atom is 0.248 e. The average Bonchev–Trinajstić information content (AvgIpc) is 2.61. The van der Waals surface area contributed by atoms with Crippen LogP contribution in [0.1, 0.15) is 28.9 Å². The smallest absolute Gasteiger partial charge is 0.248 e. The Hall–Kier alpha value is -1.75. The Bertz CT molecular complexity index is 756. The number of carbonyl (C=O) groups excluding carboxylic acids is 1. The first-order valence-electron chi connectivity index (χ1n) is 8.29. The van der Waals surface area contributed by atoms with Crippen molar-refractivity contribution in [1.29, 1.82) is 0 Å². The third-order valence-electron chi connectivity index (χ3n) is 4.79. The van der Waals surface area contributed by atoms with Crippen LogP contribution >= 0.6 is 23.2 Å². The van der Waals surface area contributed by atoms with Crippen LogP contribution in [0.3, 0.4) is 0 Å². The number of benzene rings is 2. The number of halogens is 2. The third kappa shape index (κ3) is 4.09. The second kappa shape index (κ2) is 7.65. The number of piperazine rings is 1. The summed E-state index contributed by atoms with van der Waals surface area (Å²) < 4.78 is 0. The molecule has 1 amide bonds. The molecule has 0 bridgehead atoms. The molecule has 1 unspecified atom stereocenters. The molecule has 2 N–H and O–H groups in total. The zero-order valence-electron chi connectivity index (χ0n) is 14.1. The SMILES string of the molecule is CC(c1ccc(Cl)cc1Cl)N1CCN(c2ccc(C(N)=O)cc2)CC1. The minimum Gasteiger partial charge on any atom is -0.369 e. The van der Waals surface area contributed by atoms with Gasteiger partial charge in [0, 0.05) is 53.5 Å². The predicted molar refractivity (Wildman–Crippen MR) is 104 cm³/mol. The summed E-state index contributed by atoms with van der Waals surface area (Å²) >= 11 is 12.3. The summed E-state index contributed by atoms with van der Waals surface area (Å²) in [5, 5.41) is 1.37. The molecular weight excluding hydrogens is 357 g/mol. The van der Waals surface area contributed by atoms with E-state index in [0.717, 1.165) is 37.4 Å². The molecular formula is C19H21Cl2N3O. The number of nitrogens with zero attached hydrogens (tertiary/aromatic N) is 2. The van der Waals surface area contributed by atoms with Gasteiger partial charge in [-0.15, -0.1) is 0 Å². The highest BCUT2D eigenvalue weighted by molar-refractivity contribution is 6.35. The summed E-state index contributed by atoms with van der Waals surface area (Å²) in [6.07, 6.45) is 0. The standard InChI is InChI=1S/C19H21Cl2N3O/c1-13(17-7-4-15(20)12-18(17)21)23-8-10-24(11-9-23)16-5-2-14(3-6-16)19(22)25/h2-7,12-13H,8-11H2,1H3,(H2,22,25). The molecule has 0 saturated carbocycles. The number of amides is 1. The third-order valence-corrected chi connectivity index (χ3v) is 5.35. The van der Waals surface area contributed by atoms with Crippen molar-refractivity contribution >= 4 is 34.8 Å². The van der Waals surface area contributed by atoms with E-state index in [1.807, 2.05) is 24.3 Å². The molecule has 2 aromatic carbocycles. The monoisotopic (exact) mass is 377 g/mol. The fourth-order valence-corrected chi connectivity index (χ4v) is 3.81. The summed E-state index contributed by atoms with van der Waals surface area (Å²) in [4.78, 5) is 15.9. The Labute approximate surface area is 158 Å². The largest absolute Gasteiger partial charge is 0.369 e. The van der Waals surface area contributed by atoms with Gasteiger partial charge in [0.15, 0.2) is 0 Å². The number of carbonyl (C=O) groups is 1. The fourth-order valence-electron chi connectivity index (χ4n) is 3.24. The molecule has 4 nitrogen and oxygen atoms in total. The van der Waals surface area contributed by atoms with Crippen molar-refractivity contribution in [2.75, 3.05) is 31.1 Å². The van der Waals surface area contributed by atoms with E-state index in [4.69, 9.17) is 28.9 Å². The maximum atomic E-state index is 11.2. The van der Waals surface area contributed by atoms with Crippen LogP contribution < -0.4 is 10.6 Å². The molecule has 1 heterocycles. The normalized spacial score (nSPS) is 16.7. The molecule has 1 fully saturated rings. The minimum atomic E-state index is -0.398. The van der Waals surface area contributed by atoms with Crippen LogP contribution in [-0.4, -0.2) is 37.0 Å². The van der Waals surface area contributed by atoms with Gasteiger partial charge in [-0.3, -0.25) is 9.69 Å². The minimum absolute atomic E-state index is 0.240. The number of hydrogen-bond donors (Lipinski definition) is 1. The summed E-state index contributed by atoms with van der Waals surface area (Å²) in [5.74, 6) is -0.398. The molecule has 1 aliphatic rings. The Balaban J connectivity index is 1.64. The number of nitrogens with two attached hydrogens (primary N) is 1. The van der Waals surface area contributed by atoms with Crippen molar-refractivity contribution in [3.63, 3.8) is 0 Å². The lowest BCUT2D eigenvalue weighted by Crippen LogP contribution is -2.47. The molecule has 0 radical (unpaired) electrons. The highest BCUT2D eigenvalue weighted by Gasteiger charge is 2.23. The Kier molecular flexibility index (Phi) is 5.52. The topological polar surface area (TPSA) is 49.6 Å². The summed E-state index contributed by atoms with van der Waals surface area (Å²) in [6.45, 7) is 5.90. The zero-order valence-corrected chi connectivity index (χ0v) is 15.6. The van der Waals surface area contributed by atoms with Crippen molar-refractivity contribution in [3.05, 3.63) is 63.6 Å². The summed E-state index contributed by atoms with van der Waals surface area (Å²) in [6, 6.07) is 13.4. The Morgan fingerprint density at radius 2 is 1.68 bits per heavy atom. The van der Waals surface area contributed by atoms with E-state index in [1.165, 1.54) is 0 Å². The maximum absolute atomic E-state index is 11.2. The van der Waals surface area contributed by atoms with Crippen LogP contribution in [0.2, 0.25) is 10.0 Å². The second-order valence-corrected chi connectivity index (χ2v) is 7.12. The molecule has 0 aromatic heterocycles. The van der Waals surface area contributed by atoms with E-state index < -0.39 is 5.91 Å². The average molecular weight is 378 g/mol. The van der Waals surface area contributed by atoms with Crippen LogP contribution in [-0.2, 0) is 0 Å². The van der Waals surface area contributed by atoms with Crippen molar-refractivity contribution in [1.82, 2.24) is 4.90 Å². The van der Waals surface area contributed by atoms with Gasteiger partial charge in [-0.2, -0.15) is 0 Å². The molecule has 1 saturated heterocycles. The lowest BCUT2D eigenvalue weighted by Gasteiger charge is -2.39. The van der Waals surface area contributed by atoms with Gasteiger partial charge in [0.05, 0.1) is 0 Å². The second-order valence-electron chi connectivity index (χ2n) is 6.28. The summed E-state index contributed by atoms with van der Waals surface area (Å²) in [7, 11) is 0. The lowest BCUT2D eigenvalue weighted by molar-refractivity contribution is 0.100. The fraction of sp³-hybridized carbons (Fsp3) is 0.316. The molecule has 2 aromatic rings. The molecule has 3 rings (SSSR count). The first-order valence-corrected chi connectivity index (χ1v) is 9.05. The van der Waals surface area contributed by atoms with E-state index in [2.05, 4.69) is 16.7 Å². The van der Waals surface area contributed by atoms with Crippen molar-refractivity contribution in [2.24, 2.45) is 5.73 Å². The molecule has 0 aliphatic carbocycles. The highest BCUT2D eigenvalue weighted by atomic mass is 35.5. The number of rotatable bonds is 4. The molecule has 6 heteroatoms. The van der Waals surface area contributed by atoms with Gasteiger partial charge in [0.1, 0.15) is 0 Å². The van der Waals surface area contributed by atoms with E-state index >= 15 is 0 Å².